The zero-order valence-electron chi connectivity index (χ0n) is 15.6. The molecule has 7 heteroatoms. The second-order valence-corrected chi connectivity index (χ2v) is 6.59. The van der Waals surface area contributed by atoms with Crippen LogP contribution in [0.2, 0.25) is 0 Å². The molecule has 4 rings (SSSR count). The van der Waals surface area contributed by atoms with Crippen LogP contribution >= 0.6 is 0 Å². The van der Waals surface area contributed by atoms with E-state index in [1.807, 2.05) is 48.5 Å². The van der Waals surface area contributed by atoms with Crippen LogP contribution < -0.4 is 15.6 Å². The number of carbonyl (C=O) groups is 1. The van der Waals surface area contributed by atoms with Crippen molar-refractivity contribution in [1.29, 1.82) is 0 Å². The molecule has 1 unspecified atom stereocenters. The maximum Gasteiger partial charge on any atom is 0.288 e. The van der Waals surface area contributed by atoms with E-state index in [9.17, 15) is 9.59 Å². The minimum Gasteiger partial charge on any atom is -0.497 e. The highest BCUT2D eigenvalue weighted by atomic mass is 16.5. The Bertz CT molecular complexity index is 1230. The van der Waals surface area contributed by atoms with E-state index >= 15 is 0 Å². The summed E-state index contributed by atoms with van der Waals surface area (Å²) in [6.45, 7) is 2.15. The third kappa shape index (κ3) is 3.00. The van der Waals surface area contributed by atoms with Gasteiger partial charge >= 0.3 is 0 Å². The normalized spacial score (nSPS) is 12.2. The molecule has 1 atom stereocenters. The first kappa shape index (κ1) is 17.8. The predicted octanol–water partition coefficient (Wildman–Crippen LogP) is 2.76. The molecule has 7 nitrogen and oxygen atoms in total. The lowest BCUT2D eigenvalue weighted by Gasteiger charge is -2.16. The van der Waals surface area contributed by atoms with Crippen molar-refractivity contribution in [3.63, 3.8) is 0 Å². The lowest BCUT2D eigenvalue weighted by Crippen LogP contribution is -2.31. The molecule has 0 bridgehead atoms. The summed E-state index contributed by atoms with van der Waals surface area (Å²) >= 11 is 0. The number of aromatic nitrogens is 3. The molecule has 28 heavy (non-hydrogen) atoms. The fraction of sp³-hybridized carbons (Fsp3) is 0.190. The van der Waals surface area contributed by atoms with E-state index in [-0.39, 0.29) is 11.5 Å². The van der Waals surface area contributed by atoms with E-state index < -0.39 is 6.04 Å². The quantitative estimate of drug-likeness (QED) is 0.561. The van der Waals surface area contributed by atoms with E-state index in [0.29, 0.717) is 12.1 Å². The van der Waals surface area contributed by atoms with Crippen molar-refractivity contribution in [2.45, 2.75) is 19.5 Å². The van der Waals surface area contributed by atoms with Gasteiger partial charge in [0.1, 0.15) is 17.3 Å². The van der Waals surface area contributed by atoms with Crippen LogP contribution in [0.3, 0.4) is 0 Å². The van der Waals surface area contributed by atoms with E-state index in [0.717, 1.165) is 27.6 Å². The Morgan fingerprint density at radius 3 is 2.86 bits per heavy atom. The van der Waals surface area contributed by atoms with Gasteiger partial charge in [0.25, 0.3) is 5.56 Å². The summed E-state index contributed by atoms with van der Waals surface area (Å²) in [5.41, 5.74) is 1.88. The number of hydrogen-bond acceptors (Lipinski definition) is 4. The maximum absolute atomic E-state index is 12.9. The molecule has 0 radical (unpaired) electrons. The number of para-hydroxylation sites is 1. The van der Waals surface area contributed by atoms with Crippen LogP contribution in [0, 0.1) is 0 Å². The molecular formula is C21H20N4O3. The van der Waals surface area contributed by atoms with Gasteiger partial charge in [0.05, 0.1) is 18.8 Å². The highest BCUT2D eigenvalue weighted by Crippen LogP contribution is 2.29. The lowest BCUT2D eigenvalue weighted by molar-refractivity contribution is -0.123. The number of benzene rings is 2. The van der Waals surface area contributed by atoms with Gasteiger partial charge in [-0.15, -0.1) is 0 Å². The van der Waals surface area contributed by atoms with Crippen molar-refractivity contribution in [2.24, 2.45) is 0 Å². The second-order valence-electron chi connectivity index (χ2n) is 6.59. The molecule has 0 spiro atoms. The minimum absolute atomic E-state index is 0.179. The molecule has 2 N–H and O–H groups in total. The second kappa shape index (κ2) is 7.19. The summed E-state index contributed by atoms with van der Waals surface area (Å²) in [7, 11) is 1.61. The number of fused-ring (bicyclic) bond motifs is 3. The number of carbonyl (C=O) groups excluding carboxylic acids is 1. The molecule has 2 aromatic carbocycles. The monoisotopic (exact) mass is 376 g/mol. The number of methoxy groups -OCH3 is 1. The van der Waals surface area contributed by atoms with Crippen LogP contribution in [0.25, 0.3) is 21.8 Å². The third-order valence-corrected chi connectivity index (χ3v) is 4.89. The third-order valence-electron chi connectivity index (χ3n) is 4.89. The fourth-order valence-electron chi connectivity index (χ4n) is 3.50. The van der Waals surface area contributed by atoms with Crippen LogP contribution in [0.1, 0.15) is 18.5 Å². The van der Waals surface area contributed by atoms with Crippen LogP contribution in [0.5, 0.6) is 5.75 Å². The largest absolute Gasteiger partial charge is 0.497 e. The van der Waals surface area contributed by atoms with Crippen molar-refractivity contribution in [1.82, 2.24) is 20.1 Å². The molecule has 0 aliphatic rings. The Hall–Kier alpha value is -3.61. The van der Waals surface area contributed by atoms with Gasteiger partial charge < -0.3 is 14.6 Å². The number of amides is 1. The Morgan fingerprint density at radius 1 is 1.21 bits per heavy atom. The molecule has 0 fully saturated rings. The Labute approximate surface area is 160 Å². The minimum atomic E-state index is -0.573. The van der Waals surface area contributed by atoms with Gasteiger partial charge in [0, 0.05) is 17.3 Å². The van der Waals surface area contributed by atoms with E-state index in [1.54, 1.807) is 24.8 Å². The zero-order valence-corrected chi connectivity index (χ0v) is 15.6. The highest BCUT2D eigenvalue weighted by Gasteiger charge is 2.22. The van der Waals surface area contributed by atoms with Gasteiger partial charge in [-0.3, -0.25) is 9.59 Å². The summed E-state index contributed by atoms with van der Waals surface area (Å²) in [4.78, 5) is 25.3. The van der Waals surface area contributed by atoms with Crippen LogP contribution in [-0.4, -0.2) is 27.8 Å². The number of aromatic amines is 1. The number of ether oxygens (including phenoxy) is 1. The molecule has 4 aromatic rings. The Kier molecular flexibility index (Phi) is 4.57. The summed E-state index contributed by atoms with van der Waals surface area (Å²) in [6.07, 6.45) is 1.62. The number of nitrogens with zero attached hydrogens (tertiary/aromatic N) is 2. The first-order valence-electron chi connectivity index (χ1n) is 8.97. The average Bonchev–Trinajstić information content (AvgIpc) is 3.07. The van der Waals surface area contributed by atoms with E-state index in [1.165, 1.54) is 0 Å². The van der Waals surface area contributed by atoms with Gasteiger partial charge in [-0.25, -0.2) is 5.10 Å². The van der Waals surface area contributed by atoms with Gasteiger partial charge in [-0.1, -0.05) is 30.3 Å². The van der Waals surface area contributed by atoms with Gasteiger partial charge in [0.15, 0.2) is 0 Å². The molecule has 1 amide bonds. The van der Waals surface area contributed by atoms with Crippen LogP contribution in [0.4, 0.5) is 0 Å². The number of hydrogen-bond donors (Lipinski definition) is 2. The molecule has 2 aromatic heterocycles. The number of rotatable bonds is 5. The molecular weight excluding hydrogens is 356 g/mol. The highest BCUT2D eigenvalue weighted by molar-refractivity contribution is 6.08. The molecule has 0 saturated carbocycles. The van der Waals surface area contributed by atoms with Crippen LogP contribution in [-0.2, 0) is 11.3 Å². The van der Waals surface area contributed by atoms with Crippen molar-refractivity contribution in [2.75, 3.05) is 7.11 Å². The summed E-state index contributed by atoms with van der Waals surface area (Å²) in [6, 6.07) is 14.6. The SMILES string of the molecule is COc1cccc(CNC(=O)C(C)n2c3ccccc3c3cn[nH]c(=O)c32)c1. The fourth-order valence-corrected chi connectivity index (χ4v) is 3.50. The summed E-state index contributed by atoms with van der Waals surface area (Å²) in [5, 5.41) is 10.9. The number of nitrogens with one attached hydrogen (secondary N) is 2. The first-order chi connectivity index (χ1) is 13.6. The van der Waals surface area contributed by atoms with E-state index in [2.05, 4.69) is 15.5 Å². The van der Waals surface area contributed by atoms with Gasteiger partial charge in [0.2, 0.25) is 5.91 Å². The van der Waals surface area contributed by atoms with Crippen molar-refractivity contribution >= 4 is 27.7 Å². The van der Waals surface area contributed by atoms with Crippen LogP contribution in [0.15, 0.2) is 59.5 Å². The van der Waals surface area contributed by atoms with E-state index in [4.69, 9.17) is 4.74 Å². The van der Waals surface area contributed by atoms with Crippen molar-refractivity contribution < 1.29 is 9.53 Å². The van der Waals surface area contributed by atoms with Gasteiger partial charge in [-0.2, -0.15) is 5.10 Å². The number of H-pyrrole nitrogens is 1. The van der Waals surface area contributed by atoms with Crippen molar-refractivity contribution in [3.05, 3.63) is 70.6 Å². The predicted molar refractivity (Wildman–Crippen MR) is 107 cm³/mol. The Morgan fingerprint density at radius 2 is 2.04 bits per heavy atom. The summed E-state index contributed by atoms with van der Waals surface area (Å²) in [5.74, 6) is 0.558. The average molecular weight is 376 g/mol. The zero-order chi connectivity index (χ0) is 19.7. The standard InChI is InChI=1S/C21H20N4O3/c1-13(20(26)22-11-14-6-5-7-15(10-14)28-2)25-18-9-4-3-8-16(18)17-12-23-24-21(27)19(17)25/h3-10,12-13H,11H2,1-2H3,(H,22,26)(H,24,27). The molecule has 0 aliphatic heterocycles. The molecule has 0 aliphatic carbocycles. The smallest absolute Gasteiger partial charge is 0.288 e. The molecule has 142 valence electrons. The topological polar surface area (TPSA) is 89.0 Å². The first-order valence-corrected chi connectivity index (χ1v) is 8.97. The molecule has 0 saturated heterocycles. The maximum atomic E-state index is 12.9. The Balaban J connectivity index is 1.68. The molecule has 2 heterocycles. The lowest BCUT2D eigenvalue weighted by atomic mass is 10.2. The summed E-state index contributed by atoms with van der Waals surface area (Å²) < 4.78 is 6.99. The van der Waals surface area contributed by atoms with Gasteiger partial charge in [-0.05, 0) is 30.7 Å². The van der Waals surface area contributed by atoms with Crippen molar-refractivity contribution in [3.8, 4) is 5.75 Å².